The molecular weight excluding hydrogens is 327 g/mol. The molecular formula is C11H14BN4O6S-. The smallest absolute Gasteiger partial charge is 0.395 e. The lowest BCUT2D eigenvalue weighted by Crippen LogP contribution is -2.59. The van der Waals surface area contributed by atoms with Crippen LogP contribution in [-0.2, 0) is 17.8 Å². The molecule has 124 valence electrons. The number of thiophene rings is 1. The van der Waals surface area contributed by atoms with E-state index in [4.69, 9.17) is 5.11 Å². The van der Waals surface area contributed by atoms with Crippen LogP contribution >= 0.6 is 11.3 Å². The highest BCUT2D eigenvalue weighted by Gasteiger charge is 2.31. The fourth-order valence-electron chi connectivity index (χ4n) is 1.82. The van der Waals surface area contributed by atoms with E-state index < -0.39 is 24.6 Å². The van der Waals surface area contributed by atoms with Crippen molar-refractivity contribution in [2.45, 2.75) is 18.9 Å². The minimum absolute atomic E-state index is 0.0120. The number of aromatic nitrogens is 3. The molecule has 0 saturated carbocycles. The van der Waals surface area contributed by atoms with Gasteiger partial charge >= 0.3 is 12.7 Å². The molecule has 12 heteroatoms. The van der Waals surface area contributed by atoms with E-state index in [1.807, 2.05) is 0 Å². The minimum Gasteiger partial charge on any atom is -0.558 e. The maximum absolute atomic E-state index is 11.9. The lowest BCUT2D eigenvalue weighted by molar-refractivity contribution is -0.121. The van der Waals surface area contributed by atoms with Gasteiger partial charge in [0, 0.05) is 17.4 Å². The Hall–Kier alpha value is -2.28. The molecule has 10 nitrogen and oxygen atoms in total. The van der Waals surface area contributed by atoms with Crippen LogP contribution in [0.5, 0.6) is 0 Å². The number of aromatic carboxylic acids is 1. The Morgan fingerprint density at radius 1 is 1.39 bits per heavy atom. The van der Waals surface area contributed by atoms with Crippen LogP contribution in [0.3, 0.4) is 0 Å². The molecule has 1 atom stereocenters. The Morgan fingerprint density at radius 2 is 2.13 bits per heavy atom. The number of nitrogens with zero attached hydrogens (tertiary/aromatic N) is 3. The second-order valence-corrected chi connectivity index (χ2v) is 5.89. The summed E-state index contributed by atoms with van der Waals surface area (Å²) in [5.74, 6) is -3.30. The average Bonchev–Trinajstić information content (AvgIpc) is 3.08. The van der Waals surface area contributed by atoms with E-state index in [9.17, 15) is 24.7 Å². The van der Waals surface area contributed by atoms with Gasteiger partial charge in [-0.2, -0.15) is 0 Å². The zero-order valence-electron chi connectivity index (χ0n) is 11.7. The van der Waals surface area contributed by atoms with Crippen molar-refractivity contribution in [2.24, 2.45) is 0 Å². The van der Waals surface area contributed by atoms with Crippen LogP contribution in [0.4, 0.5) is 0 Å². The molecule has 0 saturated heterocycles. The van der Waals surface area contributed by atoms with Gasteiger partial charge in [-0.3, -0.25) is 9.48 Å². The van der Waals surface area contributed by atoms with E-state index in [0.717, 1.165) is 15.8 Å². The molecule has 0 bridgehead atoms. The van der Waals surface area contributed by atoms with Gasteiger partial charge < -0.3 is 25.5 Å². The molecule has 2 aromatic heterocycles. The summed E-state index contributed by atoms with van der Waals surface area (Å²) < 4.78 is 0.985. The summed E-state index contributed by atoms with van der Waals surface area (Å²) in [5.41, 5.74) is -0.347. The highest BCUT2D eigenvalue weighted by molar-refractivity contribution is 7.10. The number of rotatable bonds is 7. The van der Waals surface area contributed by atoms with Gasteiger partial charge in [-0.15, -0.1) is 16.4 Å². The van der Waals surface area contributed by atoms with Crippen LogP contribution in [0.15, 0.2) is 23.7 Å². The zero-order valence-corrected chi connectivity index (χ0v) is 12.6. The standard InChI is InChI=1S/C11H14BN4O6S/c17-10(4-7-2-1-3-23-7)13-9(12(20,21)22)6-16-5-8(11(18)19)14-15-16/h1-3,5,9,20-22H,4,6H2,(H,13,17)(H,18,19)/q-1/t9-/m0/s1. The van der Waals surface area contributed by atoms with Crippen molar-refractivity contribution in [2.75, 3.05) is 0 Å². The van der Waals surface area contributed by atoms with Crippen LogP contribution < -0.4 is 5.32 Å². The van der Waals surface area contributed by atoms with Gasteiger partial charge in [-0.1, -0.05) is 11.3 Å². The van der Waals surface area contributed by atoms with Crippen molar-refractivity contribution in [1.82, 2.24) is 20.3 Å². The van der Waals surface area contributed by atoms with Gasteiger partial charge in [0.25, 0.3) is 0 Å². The fraction of sp³-hybridized carbons (Fsp3) is 0.273. The molecule has 0 aliphatic rings. The van der Waals surface area contributed by atoms with Gasteiger partial charge in [0.2, 0.25) is 5.91 Å². The van der Waals surface area contributed by atoms with Gasteiger partial charge in [-0.05, 0) is 11.4 Å². The van der Waals surface area contributed by atoms with Gasteiger partial charge in [0.15, 0.2) is 5.69 Å². The lowest BCUT2D eigenvalue weighted by atomic mass is 9.70. The molecule has 2 aromatic rings. The largest absolute Gasteiger partial charge is 0.558 e. The van der Waals surface area contributed by atoms with Crippen LogP contribution in [0.2, 0.25) is 0 Å². The number of carbonyl (C=O) groups excluding carboxylic acids is 1. The molecule has 5 N–H and O–H groups in total. The molecule has 0 aliphatic carbocycles. The summed E-state index contributed by atoms with van der Waals surface area (Å²) in [6.45, 7) is -4.25. The number of hydrogen-bond donors (Lipinski definition) is 5. The van der Waals surface area contributed by atoms with Crippen molar-refractivity contribution in [3.63, 3.8) is 0 Å². The van der Waals surface area contributed by atoms with Crippen LogP contribution in [0, 0.1) is 0 Å². The quantitative estimate of drug-likeness (QED) is 0.370. The predicted octanol–water partition coefficient (Wildman–Crippen LogP) is -1.78. The van der Waals surface area contributed by atoms with Gasteiger partial charge in [-0.25, -0.2) is 4.79 Å². The summed E-state index contributed by atoms with van der Waals surface area (Å²) in [5, 5.41) is 47.9. The third-order valence-corrected chi connectivity index (χ3v) is 3.82. The lowest BCUT2D eigenvalue weighted by Gasteiger charge is -2.32. The number of nitrogens with one attached hydrogen (secondary N) is 1. The molecule has 0 aromatic carbocycles. The molecule has 0 radical (unpaired) electrons. The third-order valence-electron chi connectivity index (χ3n) is 2.94. The topological polar surface area (TPSA) is 158 Å². The molecule has 0 fully saturated rings. The number of amides is 1. The maximum Gasteiger partial charge on any atom is 0.395 e. The highest BCUT2D eigenvalue weighted by Crippen LogP contribution is 2.10. The SMILES string of the molecule is O=C(Cc1cccs1)N[C@@H](Cn1cc(C(=O)O)nn1)[B-](O)(O)O. The monoisotopic (exact) mass is 341 g/mol. The molecule has 0 unspecified atom stereocenters. The first-order valence-electron chi connectivity index (χ1n) is 6.53. The molecule has 0 spiro atoms. The summed E-state index contributed by atoms with van der Waals surface area (Å²) in [4.78, 5) is 23.4. The normalized spacial score (nSPS) is 12.8. The van der Waals surface area contributed by atoms with E-state index in [-0.39, 0.29) is 18.7 Å². The summed E-state index contributed by atoms with van der Waals surface area (Å²) in [6, 6.07) is 3.51. The second-order valence-electron chi connectivity index (χ2n) is 4.85. The molecule has 2 rings (SSSR count). The van der Waals surface area contributed by atoms with Crippen LogP contribution in [-0.4, -0.2) is 59.7 Å². The molecule has 0 aliphatic heterocycles. The fourth-order valence-corrected chi connectivity index (χ4v) is 2.52. The summed E-state index contributed by atoms with van der Waals surface area (Å²) in [7, 11) is 0. The van der Waals surface area contributed by atoms with E-state index in [1.54, 1.807) is 17.5 Å². The van der Waals surface area contributed by atoms with Crippen molar-refractivity contribution in [3.8, 4) is 0 Å². The number of carboxylic acids is 1. The Bertz CT molecular complexity index is 683. The minimum atomic E-state index is -3.89. The Kier molecular flexibility index (Phi) is 5.10. The first kappa shape index (κ1) is 17.1. The molecule has 23 heavy (non-hydrogen) atoms. The van der Waals surface area contributed by atoms with Crippen molar-refractivity contribution < 1.29 is 29.8 Å². The highest BCUT2D eigenvalue weighted by atomic mass is 32.1. The summed E-state index contributed by atoms with van der Waals surface area (Å²) >= 11 is 1.36. The first-order chi connectivity index (χ1) is 10.8. The van der Waals surface area contributed by atoms with Crippen molar-refractivity contribution in [3.05, 3.63) is 34.3 Å². The van der Waals surface area contributed by atoms with E-state index in [1.165, 1.54) is 11.3 Å². The molecule has 2 heterocycles. The summed E-state index contributed by atoms with van der Waals surface area (Å²) in [6.07, 6.45) is 1.06. The number of carboxylic acid groups (broad SMARTS) is 1. The number of hydrogen-bond acceptors (Lipinski definition) is 8. The Labute approximate surface area is 134 Å². The third kappa shape index (κ3) is 4.86. The number of carbonyl (C=O) groups is 2. The van der Waals surface area contributed by atoms with Crippen molar-refractivity contribution in [1.29, 1.82) is 0 Å². The second kappa shape index (κ2) is 6.87. The zero-order chi connectivity index (χ0) is 17.0. The van der Waals surface area contributed by atoms with Crippen LogP contribution in [0.1, 0.15) is 15.4 Å². The van der Waals surface area contributed by atoms with E-state index in [0.29, 0.717) is 0 Å². The maximum atomic E-state index is 11.9. The Morgan fingerprint density at radius 3 is 2.65 bits per heavy atom. The van der Waals surface area contributed by atoms with Crippen molar-refractivity contribution >= 4 is 30.0 Å². The van der Waals surface area contributed by atoms with Crippen LogP contribution in [0.25, 0.3) is 0 Å². The van der Waals surface area contributed by atoms with Gasteiger partial charge in [0.05, 0.1) is 12.6 Å². The van der Waals surface area contributed by atoms with Gasteiger partial charge in [0.1, 0.15) is 0 Å². The predicted molar refractivity (Wildman–Crippen MR) is 79.3 cm³/mol. The van der Waals surface area contributed by atoms with E-state index >= 15 is 0 Å². The Balaban J connectivity index is 2.04. The molecule has 1 amide bonds. The first-order valence-corrected chi connectivity index (χ1v) is 7.41. The van der Waals surface area contributed by atoms with E-state index in [2.05, 4.69) is 15.6 Å². The average molecular weight is 341 g/mol.